The van der Waals surface area contributed by atoms with E-state index in [0.717, 1.165) is 39.0 Å². The first-order valence-corrected chi connectivity index (χ1v) is 7.70. The topological polar surface area (TPSA) is 42.0 Å². The fourth-order valence-corrected chi connectivity index (χ4v) is 2.72. The minimum Gasteiger partial charge on any atom is -0.322 e. The van der Waals surface area contributed by atoms with Crippen LogP contribution in [0.1, 0.15) is 32.7 Å². The molecule has 1 heterocycles. The first-order valence-electron chi connectivity index (χ1n) is 7.70. The van der Waals surface area contributed by atoms with Crippen molar-refractivity contribution < 1.29 is 4.79 Å². The molecule has 0 unspecified atom stereocenters. The van der Waals surface area contributed by atoms with Crippen molar-refractivity contribution >= 4 is 22.5 Å². The van der Waals surface area contributed by atoms with Gasteiger partial charge in [-0.2, -0.15) is 0 Å². The van der Waals surface area contributed by atoms with E-state index in [1.54, 1.807) is 0 Å². The maximum atomic E-state index is 12.8. The first kappa shape index (κ1) is 15.2. The van der Waals surface area contributed by atoms with Crippen molar-refractivity contribution in [1.29, 1.82) is 0 Å². The number of hydrogen-bond donors (Lipinski definition) is 1. The molecule has 0 saturated carbocycles. The molecular weight excluding hydrogens is 284 g/mol. The second-order valence-corrected chi connectivity index (χ2v) is 6.10. The molecule has 1 N–H and O–H groups in total. The third-order valence-electron chi connectivity index (χ3n) is 3.98. The molecule has 0 aliphatic heterocycles. The van der Waals surface area contributed by atoms with Crippen molar-refractivity contribution in [3.63, 3.8) is 0 Å². The molecule has 0 atom stereocenters. The molecule has 0 saturated heterocycles. The van der Waals surface area contributed by atoms with E-state index in [1.807, 2.05) is 70.2 Å². The van der Waals surface area contributed by atoms with Gasteiger partial charge in [0.25, 0.3) is 5.91 Å². The van der Waals surface area contributed by atoms with Gasteiger partial charge in [0, 0.05) is 16.8 Å². The van der Waals surface area contributed by atoms with Gasteiger partial charge in [0.2, 0.25) is 0 Å². The van der Waals surface area contributed by atoms with Crippen molar-refractivity contribution in [2.75, 3.05) is 5.32 Å². The highest BCUT2D eigenvalue weighted by Crippen LogP contribution is 2.23. The summed E-state index contributed by atoms with van der Waals surface area (Å²) in [5, 5.41) is 3.93. The molecule has 116 valence electrons. The molecule has 1 amide bonds. The second-order valence-electron chi connectivity index (χ2n) is 6.10. The van der Waals surface area contributed by atoms with Crippen molar-refractivity contribution in [2.45, 2.75) is 27.7 Å². The Bertz CT molecular complexity index is 913. The van der Waals surface area contributed by atoms with Crippen LogP contribution in [-0.2, 0) is 0 Å². The summed E-state index contributed by atoms with van der Waals surface area (Å²) in [4.78, 5) is 17.3. The molecule has 3 rings (SSSR count). The molecule has 0 spiro atoms. The van der Waals surface area contributed by atoms with Gasteiger partial charge in [-0.15, -0.1) is 0 Å². The maximum absolute atomic E-state index is 12.8. The van der Waals surface area contributed by atoms with Gasteiger partial charge in [0.05, 0.1) is 11.1 Å². The minimum atomic E-state index is -0.0974. The van der Waals surface area contributed by atoms with Crippen molar-refractivity contribution in [1.82, 2.24) is 4.98 Å². The Balaban J connectivity index is 2.07. The van der Waals surface area contributed by atoms with Crippen LogP contribution in [0.15, 0.2) is 42.5 Å². The lowest BCUT2D eigenvalue weighted by Crippen LogP contribution is -2.14. The fourth-order valence-electron chi connectivity index (χ4n) is 2.72. The number of anilines is 1. The quantitative estimate of drug-likeness (QED) is 0.744. The van der Waals surface area contributed by atoms with E-state index in [-0.39, 0.29) is 5.91 Å². The highest BCUT2D eigenvalue weighted by atomic mass is 16.1. The Morgan fingerprint density at radius 1 is 0.913 bits per heavy atom. The lowest BCUT2D eigenvalue weighted by Gasteiger charge is -2.12. The maximum Gasteiger partial charge on any atom is 0.256 e. The lowest BCUT2D eigenvalue weighted by molar-refractivity contribution is 0.102. The van der Waals surface area contributed by atoms with E-state index in [9.17, 15) is 4.79 Å². The molecule has 0 radical (unpaired) electrons. The van der Waals surface area contributed by atoms with Gasteiger partial charge in [0.1, 0.15) is 0 Å². The summed E-state index contributed by atoms with van der Waals surface area (Å²) in [6.07, 6.45) is 0. The number of carbonyl (C=O) groups excluding carboxylic acids is 1. The van der Waals surface area contributed by atoms with E-state index >= 15 is 0 Å². The number of rotatable bonds is 2. The van der Waals surface area contributed by atoms with E-state index in [4.69, 9.17) is 0 Å². The van der Waals surface area contributed by atoms with Crippen LogP contribution in [0, 0.1) is 27.7 Å². The second kappa shape index (κ2) is 5.84. The normalized spacial score (nSPS) is 10.8. The zero-order chi connectivity index (χ0) is 16.6. The molecule has 1 aromatic heterocycles. The largest absolute Gasteiger partial charge is 0.322 e. The van der Waals surface area contributed by atoms with E-state index < -0.39 is 0 Å². The van der Waals surface area contributed by atoms with Crippen molar-refractivity contribution in [2.24, 2.45) is 0 Å². The third-order valence-corrected chi connectivity index (χ3v) is 3.98. The standard InChI is InChI=1S/C20H20N2O/c1-12-6-8-18-16(9-12)17(11-15(4)21-18)20(23)22-19-10-13(2)5-7-14(19)3/h5-11H,1-4H3,(H,22,23). The van der Waals surface area contributed by atoms with Crippen LogP contribution in [0.2, 0.25) is 0 Å². The molecule has 3 heteroatoms. The van der Waals surface area contributed by atoms with Crippen LogP contribution in [0.4, 0.5) is 5.69 Å². The van der Waals surface area contributed by atoms with Crippen LogP contribution >= 0.6 is 0 Å². The van der Waals surface area contributed by atoms with Crippen LogP contribution in [0.25, 0.3) is 10.9 Å². The smallest absolute Gasteiger partial charge is 0.256 e. The predicted molar refractivity (Wildman–Crippen MR) is 95.1 cm³/mol. The molecule has 0 aliphatic rings. The van der Waals surface area contributed by atoms with Gasteiger partial charge in [-0.05, 0) is 63.1 Å². The molecule has 23 heavy (non-hydrogen) atoms. The highest BCUT2D eigenvalue weighted by molar-refractivity contribution is 6.12. The van der Waals surface area contributed by atoms with Gasteiger partial charge in [0.15, 0.2) is 0 Å². The molecule has 2 aromatic carbocycles. The van der Waals surface area contributed by atoms with Crippen molar-refractivity contribution in [3.8, 4) is 0 Å². The molecule has 3 nitrogen and oxygen atoms in total. The van der Waals surface area contributed by atoms with Gasteiger partial charge in [-0.25, -0.2) is 0 Å². The zero-order valence-corrected chi connectivity index (χ0v) is 13.9. The number of carbonyl (C=O) groups is 1. The summed E-state index contributed by atoms with van der Waals surface area (Å²) in [5.41, 5.74) is 6.49. The molecule has 3 aromatic rings. The van der Waals surface area contributed by atoms with Crippen molar-refractivity contribution in [3.05, 3.63) is 70.4 Å². The van der Waals surface area contributed by atoms with Crippen LogP contribution in [0.3, 0.4) is 0 Å². The summed E-state index contributed by atoms with van der Waals surface area (Å²) in [5.74, 6) is -0.0974. The number of aryl methyl sites for hydroxylation is 4. The van der Waals surface area contributed by atoms with E-state index in [1.165, 1.54) is 0 Å². The third kappa shape index (κ3) is 3.09. The summed E-state index contributed by atoms with van der Waals surface area (Å²) in [7, 11) is 0. The average molecular weight is 304 g/mol. The molecule has 0 aliphatic carbocycles. The Morgan fingerprint density at radius 2 is 1.61 bits per heavy atom. The van der Waals surface area contributed by atoms with E-state index in [2.05, 4.69) is 10.3 Å². The molecule has 0 bridgehead atoms. The summed E-state index contributed by atoms with van der Waals surface area (Å²) in [6, 6.07) is 13.9. The summed E-state index contributed by atoms with van der Waals surface area (Å²) >= 11 is 0. The van der Waals surface area contributed by atoms with E-state index in [0.29, 0.717) is 5.56 Å². The summed E-state index contributed by atoms with van der Waals surface area (Å²) in [6.45, 7) is 7.94. The molecule has 0 fully saturated rings. The predicted octanol–water partition coefficient (Wildman–Crippen LogP) is 4.72. The Morgan fingerprint density at radius 3 is 2.39 bits per heavy atom. The van der Waals surface area contributed by atoms with Gasteiger partial charge in [-0.3, -0.25) is 9.78 Å². The summed E-state index contributed by atoms with van der Waals surface area (Å²) < 4.78 is 0. The minimum absolute atomic E-state index is 0.0974. The van der Waals surface area contributed by atoms with Crippen LogP contribution in [-0.4, -0.2) is 10.9 Å². The Labute approximate surface area is 136 Å². The number of nitrogens with zero attached hydrogens (tertiary/aromatic N) is 1. The van der Waals surface area contributed by atoms with Gasteiger partial charge >= 0.3 is 0 Å². The average Bonchev–Trinajstić information content (AvgIpc) is 2.50. The van der Waals surface area contributed by atoms with Crippen LogP contribution in [0.5, 0.6) is 0 Å². The number of pyridine rings is 1. The number of aromatic nitrogens is 1. The van der Waals surface area contributed by atoms with Gasteiger partial charge in [-0.1, -0.05) is 23.8 Å². The SMILES string of the molecule is Cc1ccc(C)c(NC(=O)c2cc(C)nc3ccc(C)cc23)c1. The number of fused-ring (bicyclic) bond motifs is 1. The number of benzene rings is 2. The van der Waals surface area contributed by atoms with Crippen LogP contribution < -0.4 is 5.32 Å². The fraction of sp³-hybridized carbons (Fsp3) is 0.200. The first-order chi connectivity index (χ1) is 10.9. The molecular formula is C20H20N2O. The Hall–Kier alpha value is -2.68. The zero-order valence-electron chi connectivity index (χ0n) is 13.9. The highest BCUT2D eigenvalue weighted by Gasteiger charge is 2.13. The Kier molecular flexibility index (Phi) is 3.87. The monoisotopic (exact) mass is 304 g/mol. The number of nitrogens with one attached hydrogen (secondary N) is 1. The van der Waals surface area contributed by atoms with Gasteiger partial charge < -0.3 is 5.32 Å². The number of hydrogen-bond acceptors (Lipinski definition) is 2. The number of amides is 1. The lowest BCUT2D eigenvalue weighted by atomic mass is 10.0.